The highest BCUT2D eigenvalue weighted by molar-refractivity contribution is 5.79. The van der Waals surface area contributed by atoms with Gasteiger partial charge in [0.05, 0.1) is 6.04 Å². The van der Waals surface area contributed by atoms with Crippen LogP contribution in [0.4, 0.5) is 0 Å². The summed E-state index contributed by atoms with van der Waals surface area (Å²) in [6.07, 6.45) is 1.84. The molecule has 112 valence electrons. The van der Waals surface area contributed by atoms with E-state index in [1.165, 1.54) is 0 Å². The number of carbonyl (C=O) groups excluding carboxylic acids is 1. The Morgan fingerprint density at radius 1 is 1.42 bits per heavy atom. The second-order valence-electron chi connectivity index (χ2n) is 5.48. The van der Waals surface area contributed by atoms with Gasteiger partial charge < -0.3 is 16.0 Å². The number of hydrogen-bond acceptors (Lipinski definition) is 4. The van der Waals surface area contributed by atoms with Crippen LogP contribution < -0.4 is 11.1 Å². The highest BCUT2D eigenvalue weighted by atomic mass is 16.1. The van der Waals surface area contributed by atoms with Crippen LogP contribution >= 0.6 is 0 Å². The minimum atomic E-state index is -0.228. The van der Waals surface area contributed by atoms with Crippen LogP contribution in [0, 0.1) is 0 Å². The zero-order chi connectivity index (χ0) is 14.3. The molecular weight excluding hydrogens is 240 g/mol. The van der Waals surface area contributed by atoms with Crippen LogP contribution in [0.25, 0.3) is 0 Å². The normalized spacial score (nSPS) is 23.4. The van der Waals surface area contributed by atoms with Gasteiger partial charge in [0.25, 0.3) is 0 Å². The molecule has 0 aliphatic carbocycles. The molecule has 0 aromatic rings. The van der Waals surface area contributed by atoms with Crippen molar-refractivity contribution in [2.24, 2.45) is 5.73 Å². The number of amides is 1. The number of nitrogens with two attached hydrogens (primary N) is 1. The van der Waals surface area contributed by atoms with Crippen molar-refractivity contribution in [2.45, 2.75) is 45.7 Å². The maximum Gasteiger partial charge on any atom is 0.234 e. The van der Waals surface area contributed by atoms with Crippen molar-refractivity contribution >= 4 is 5.91 Å². The van der Waals surface area contributed by atoms with E-state index in [9.17, 15) is 4.79 Å². The molecule has 1 fully saturated rings. The summed E-state index contributed by atoms with van der Waals surface area (Å²) in [6.45, 7) is 12.8. The van der Waals surface area contributed by atoms with E-state index in [4.69, 9.17) is 5.73 Å². The summed E-state index contributed by atoms with van der Waals surface area (Å²) < 4.78 is 0. The van der Waals surface area contributed by atoms with Gasteiger partial charge in [-0.3, -0.25) is 9.69 Å². The average Bonchev–Trinajstić information content (AvgIpc) is 2.38. The summed E-state index contributed by atoms with van der Waals surface area (Å²) in [5.41, 5.74) is 5.44. The standard InChI is InChI=1S/C14H30N4O/c1-4-7-16-13(14(15)19)6-8-17-9-10-18(5-2)12(3)11-17/h12-13,16H,4-11H2,1-3H3,(H2,15,19). The minimum absolute atomic E-state index is 0.181. The fourth-order valence-corrected chi connectivity index (χ4v) is 2.72. The first-order valence-corrected chi connectivity index (χ1v) is 7.57. The molecule has 2 unspecified atom stereocenters. The number of nitrogens with one attached hydrogen (secondary N) is 1. The number of rotatable bonds is 8. The molecule has 1 aliphatic rings. The lowest BCUT2D eigenvalue weighted by molar-refractivity contribution is -0.120. The van der Waals surface area contributed by atoms with Crippen molar-refractivity contribution in [2.75, 3.05) is 39.3 Å². The maximum absolute atomic E-state index is 11.4. The molecule has 1 aliphatic heterocycles. The fraction of sp³-hybridized carbons (Fsp3) is 0.929. The molecule has 19 heavy (non-hydrogen) atoms. The van der Waals surface area contributed by atoms with E-state index in [0.717, 1.165) is 52.1 Å². The van der Waals surface area contributed by atoms with Gasteiger partial charge in [-0.1, -0.05) is 13.8 Å². The van der Waals surface area contributed by atoms with Crippen LogP contribution in [0.3, 0.4) is 0 Å². The first-order valence-electron chi connectivity index (χ1n) is 7.57. The summed E-state index contributed by atoms with van der Waals surface area (Å²) in [5.74, 6) is -0.228. The number of primary amides is 1. The zero-order valence-corrected chi connectivity index (χ0v) is 12.7. The summed E-state index contributed by atoms with van der Waals surface area (Å²) in [4.78, 5) is 16.3. The first kappa shape index (κ1) is 16.4. The van der Waals surface area contributed by atoms with Crippen molar-refractivity contribution in [3.63, 3.8) is 0 Å². The van der Waals surface area contributed by atoms with Crippen LogP contribution in [-0.2, 0) is 4.79 Å². The van der Waals surface area contributed by atoms with Crippen LogP contribution in [0.5, 0.6) is 0 Å². The smallest absolute Gasteiger partial charge is 0.234 e. The maximum atomic E-state index is 11.4. The molecule has 2 atom stereocenters. The lowest BCUT2D eigenvalue weighted by atomic mass is 10.1. The van der Waals surface area contributed by atoms with Gasteiger partial charge in [-0.2, -0.15) is 0 Å². The Morgan fingerprint density at radius 2 is 2.16 bits per heavy atom. The Hall–Kier alpha value is -0.650. The predicted octanol–water partition coefficient (Wildman–Crippen LogP) is 0.256. The molecule has 0 bridgehead atoms. The van der Waals surface area contributed by atoms with E-state index in [1.807, 2.05) is 0 Å². The molecular formula is C14H30N4O. The molecule has 0 radical (unpaired) electrons. The van der Waals surface area contributed by atoms with Crippen LogP contribution in [0.1, 0.15) is 33.6 Å². The second-order valence-corrected chi connectivity index (χ2v) is 5.48. The van der Waals surface area contributed by atoms with Crippen molar-refractivity contribution in [1.29, 1.82) is 0 Å². The van der Waals surface area contributed by atoms with Crippen molar-refractivity contribution in [1.82, 2.24) is 15.1 Å². The molecule has 1 rings (SSSR count). The third-order valence-electron chi connectivity index (χ3n) is 3.97. The monoisotopic (exact) mass is 270 g/mol. The Morgan fingerprint density at radius 3 is 2.68 bits per heavy atom. The van der Waals surface area contributed by atoms with Crippen molar-refractivity contribution in [3.8, 4) is 0 Å². The van der Waals surface area contributed by atoms with Gasteiger partial charge in [-0.15, -0.1) is 0 Å². The fourth-order valence-electron chi connectivity index (χ4n) is 2.72. The Balaban J connectivity index is 2.32. The van der Waals surface area contributed by atoms with E-state index in [1.54, 1.807) is 0 Å². The van der Waals surface area contributed by atoms with Gasteiger partial charge in [0.2, 0.25) is 5.91 Å². The van der Waals surface area contributed by atoms with Crippen molar-refractivity contribution in [3.05, 3.63) is 0 Å². The average molecular weight is 270 g/mol. The van der Waals surface area contributed by atoms with Gasteiger partial charge >= 0.3 is 0 Å². The number of piperazine rings is 1. The van der Waals surface area contributed by atoms with Gasteiger partial charge in [-0.25, -0.2) is 0 Å². The summed E-state index contributed by atoms with van der Waals surface area (Å²) in [6, 6.07) is 0.425. The molecule has 1 heterocycles. The highest BCUT2D eigenvalue weighted by Gasteiger charge is 2.23. The molecule has 1 amide bonds. The second kappa shape index (κ2) is 8.51. The number of likely N-dealkylation sites (N-methyl/N-ethyl adjacent to an activating group) is 1. The zero-order valence-electron chi connectivity index (χ0n) is 12.7. The first-order chi connectivity index (χ1) is 9.08. The van der Waals surface area contributed by atoms with E-state index in [-0.39, 0.29) is 11.9 Å². The van der Waals surface area contributed by atoms with E-state index in [2.05, 4.69) is 35.9 Å². The Labute approximate surface area is 117 Å². The number of nitrogens with zero attached hydrogens (tertiary/aromatic N) is 2. The molecule has 5 heteroatoms. The quantitative estimate of drug-likeness (QED) is 0.664. The molecule has 0 spiro atoms. The molecule has 0 aromatic heterocycles. The summed E-state index contributed by atoms with van der Waals surface area (Å²) in [5, 5.41) is 3.23. The van der Waals surface area contributed by atoms with E-state index < -0.39 is 0 Å². The predicted molar refractivity (Wildman–Crippen MR) is 79.0 cm³/mol. The highest BCUT2D eigenvalue weighted by Crippen LogP contribution is 2.09. The number of carbonyl (C=O) groups is 1. The minimum Gasteiger partial charge on any atom is -0.368 e. The molecule has 1 saturated heterocycles. The lowest BCUT2D eigenvalue weighted by Crippen LogP contribution is -2.53. The van der Waals surface area contributed by atoms with Crippen LogP contribution in [0.15, 0.2) is 0 Å². The SMILES string of the molecule is CCCNC(CCN1CCN(CC)C(C)C1)C(N)=O. The molecule has 5 nitrogen and oxygen atoms in total. The topological polar surface area (TPSA) is 61.6 Å². The van der Waals surface area contributed by atoms with Gasteiger partial charge in [0.1, 0.15) is 0 Å². The third-order valence-corrected chi connectivity index (χ3v) is 3.97. The van der Waals surface area contributed by atoms with Gasteiger partial charge in [0, 0.05) is 32.2 Å². The van der Waals surface area contributed by atoms with Gasteiger partial charge in [0.15, 0.2) is 0 Å². The molecule has 0 saturated carbocycles. The molecule has 0 aromatic carbocycles. The lowest BCUT2D eigenvalue weighted by Gasteiger charge is -2.39. The van der Waals surface area contributed by atoms with E-state index in [0.29, 0.717) is 6.04 Å². The van der Waals surface area contributed by atoms with Crippen molar-refractivity contribution < 1.29 is 4.79 Å². The van der Waals surface area contributed by atoms with Crippen LogP contribution in [0.2, 0.25) is 0 Å². The Bertz CT molecular complexity index is 272. The van der Waals surface area contributed by atoms with E-state index >= 15 is 0 Å². The summed E-state index contributed by atoms with van der Waals surface area (Å²) in [7, 11) is 0. The van der Waals surface area contributed by atoms with Gasteiger partial charge in [-0.05, 0) is 32.9 Å². The Kier molecular flexibility index (Phi) is 7.34. The number of hydrogen-bond donors (Lipinski definition) is 2. The summed E-state index contributed by atoms with van der Waals surface area (Å²) >= 11 is 0. The van der Waals surface area contributed by atoms with Crippen LogP contribution in [-0.4, -0.2) is 67.1 Å². The molecule has 3 N–H and O–H groups in total. The third kappa shape index (κ3) is 5.47. The largest absolute Gasteiger partial charge is 0.368 e.